The highest BCUT2D eigenvalue weighted by molar-refractivity contribution is 7.13. The number of nitrogens with zero attached hydrogens (tertiary/aromatic N) is 1. The van der Waals surface area contributed by atoms with E-state index in [-0.39, 0.29) is 10.8 Å². The Hall–Kier alpha value is -0.280. The molecule has 4 heteroatoms. The number of alkyl halides is 1. The van der Waals surface area contributed by atoms with E-state index >= 15 is 0 Å². The minimum Gasteiger partial charge on any atom is -0.360 e. The second-order valence-electron chi connectivity index (χ2n) is 4.58. The largest absolute Gasteiger partial charge is 0.360 e. The van der Waals surface area contributed by atoms with Crippen LogP contribution in [0.3, 0.4) is 0 Å². The van der Waals surface area contributed by atoms with Crippen molar-refractivity contribution in [1.82, 2.24) is 4.98 Å². The summed E-state index contributed by atoms with van der Waals surface area (Å²) < 4.78 is 0. The second-order valence-corrected chi connectivity index (χ2v) is 6.09. The summed E-state index contributed by atoms with van der Waals surface area (Å²) in [5, 5.41) is 6.29. The number of halogens is 1. The predicted octanol–water partition coefficient (Wildman–Crippen LogP) is 3.60. The molecule has 0 amide bonds. The van der Waals surface area contributed by atoms with Crippen LogP contribution < -0.4 is 5.32 Å². The van der Waals surface area contributed by atoms with Crippen LogP contribution in [0.4, 0.5) is 5.13 Å². The Morgan fingerprint density at radius 3 is 2.79 bits per heavy atom. The van der Waals surface area contributed by atoms with Gasteiger partial charge in [0.1, 0.15) is 0 Å². The predicted molar refractivity (Wildman–Crippen MR) is 64.3 cm³/mol. The maximum Gasteiger partial charge on any atom is 0.182 e. The molecule has 2 nitrogen and oxygen atoms in total. The van der Waals surface area contributed by atoms with Gasteiger partial charge in [-0.3, -0.25) is 0 Å². The first kappa shape index (κ1) is 11.8. The molecule has 1 rings (SSSR count). The molecule has 0 aliphatic heterocycles. The molecule has 0 fully saturated rings. The molecule has 0 spiro atoms. The maximum atomic E-state index is 6.20. The fourth-order valence-electron chi connectivity index (χ4n) is 1.25. The van der Waals surface area contributed by atoms with Gasteiger partial charge in [0.15, 0.2) is 5.13 Å². The van der Waals surface area contributed by atoms with Gasteiger partial charge >= 0.3 is 0 Å². The van der Waals surface area contributed by atoms with E-state index in [0.29, 0.717) is 0 Å². The van der Waals surface area contributed by atoms with Crippen LogP contribution in [0.5, 0.6) is 0 Å². The van der Waals surface area contributed by atoms with E-state index < -0.39 is 0 Å². The highest BCUT2D eigenvalue weighted by atomic mass is 35.5. The van der Waals surface area contributed by atoms with Gasteiger partial charge in [0, 0.05) is 18.1 Å². The first-order valence-corrected chi connectivity index (χ1v) is 6.06. The zero-order chi connectivity index (χ0) is 10.6. The Bertz CT molecular complexity index is 254. The minimum atomic E-state index is 0.166. The number of aromatic nitrogens is 1. The first-order chi connectivity index (χ1) is 6.47. The zero-order valence-corrected chi connectivity index (χ0v) is 10.5. The molecule has 0 aromatic carbocycles. The lowest BCUT2D eigenvalue weighted by Gasteiger charge is -2.21. The third-order valence-electron chi connectivity index (χ3n) is 1.74. The van der Waals surface area contributed by atoms with E-state index in [1.807, 2.05) is 5.38 Å². The van der Waals surface area contributed by atoms with Crippen molar-refractivity contribution in [3.05, 3.63) is 11.6 Å². The molecule has 1 heterocycles. The first-order valence-electron chi connectivity index (χ1n) is 4.75. The molecule has 1 aromatic heterocycles. The number of hydrogen-bond donors (Lipinski definition) is 1. The number of thiazole rings is 1. The summed E-state index contributed by atoms with van der Waals surface area (Å²) in [6.45, 7) is 7.38. The van der Waals surface area contributed by atoms with Gasteiger partial charge in [0.25, 0.3) is 0 Å². The highest BCUT2D eigenvalue weighted by Crippen LogP contribution is 2.24. The van der Waals surface area contributed by atoms with E-state index in [2.05, 4.69) is 31.1 Å². The van der Waals surface area contributed by atoms with Crippen LogP contribution in [0.1, 0.15) is 27.2 Å². The standard InChI is InChI=1S/C10H17ClN2S/c1-10(2,3)6-8(11)7-13-9-12-4-5-14-9/h4-5,8H,6-7H2,1-3H3,(H,12,13). The lowest BCUT2D eigenvalue weighted by atomic mass is 9.90. The van der Waals surface area contributed by atoms with Gasteiger partial charge in [-0.2, -0.15) is 0 Å². The van der Waals surface area contributed by atoms with E-state index in [1.54, 1.807) is 17.5 Å². The maximum absolute atomic E-state index is 6.20. The third-order valence-corrected chi connectivity index (χ3v) is 2.78. The summed E-state index contributed by atoms with van der Waals surface area (Å²) >= 11 is 7.80. The summed E-state index contributed by atoms with van der Waals surface area (Å²) in [6, 6.07) is 0. The van der Waals surface area contributed by atoms with Crippen LogP contribution in [0.25, 0.3) is 0 Å². The quantitative estimate of drug-likeness (QED) is 0.803. The Balaban J connectivity index is 2.25. The van der Waals surface area contributed by atoms with Gasteiger partial charge in [-0.15, -0.1) is 22.9 Å². The SMILES string of the molecule is CC(C)(C)CC(Cl)CNc1nccs1. The van der Waals surface area contributed by atoms with Gasteiger partial charge < -0.3 is 5.32 Å². The Labute approximate surface area is 94.7 Å². The van der Waals surface area contributed by atoms with Crippen molar-refractivity contribution in [3.63, 3.8) is 0 Å². The molecule has 0 saturated heterocycles. The van der Waals surface area contributed by atoms with Crippen molar-refractivity contribution in [3.8, 4) is 0 Å². The molecular formula is C10H17ClN2S. The van der Waals surface area contributed by atoms with Crippen LogP contribution in [0, 0.1) is 5.41 Å². The van der Waals surface area contributed by atoms with E-state index in [4.69, 9.17) is 11.6 Å². The fraction of sp³-hybridized carbons (Fsp3) is 0.700. The van der Waals surface area contributed by atoms with Crippen molar-refractivity contribution in [2.45, 2.75) is 32.6 Å². The van der Waals surface area contributed by atoms with Gasteiger partial charge in [-0.05, 0) is 11.8 Å². The van der Waals surface area contributed by atoms with Gasteiger partial charge in [-0.25, -0.2) is 4.98 Å². The van der Waals surface area contributed by atoms with E-state index in [0.717, 1.165) is 18.1 Å². The Morgan fingerprint density at radius 2 is 2.29 bits per heavy atom. The molecule has 0 saturated carbocycles. The molecule has 1 atom stereocenters. The molecule has 14 heavy (non-hydrogen) atoms. The van der Waals surface area contributed by atoms with Gasteiger partial charge in [-0.1, -0.05) is 20.8 Å². The van der Waals surface area contributed by atoms with Crippen molar-refractivity contribution in [2.24, 2.45) is 5.41 Å². The number of nitrogens with one attached hydrogen (secondary N) is 1. The minimum absolute atomic E-state index is 0.166. The fourth-order valence-corrected chi connectivity index (χ4v) is 2.32. The molecule has 80 valence electrons. The molecule has 1 N–H and O–H groups in total. The van der Waals surface area contributed by atoms with Crippen LogP contribution in [0.15, 0.2) is 11.6 Å². The normalized spacial score (nSPS) is 14.0. The highest BCUT2D eigenvalue weighted by Gasteiger charge is 2.16. The van der Waals surface area contributed by atoms with E-state index in [9.17, 15) is 0 Å². The topological polar surface area (TPSA) is 24.9 Å². The third kappa shape index (κ3) is 4.82. The van der Waals surface area contributed by atoms with Gasteiger partial charge in [0.05, 0.1) is 5.38 Å². The van der Waals surface area contributed by atoms with Crippen LogP contribution in [0.2, 0.25) is 0 Å². The van der Waals surface area contributed by atoms with Crippen LogP contribution in [-0.2, 0) is 0 Å². The number of rotatable bonds is 4. The summed E-state index contributed by atoms with van der Waals surface area (Å²) in [4.78, 5) is 4.13. The molecular weight excluding hydrogens is 216 g/mol. The van der Waals surface area contributed by atoms with Crippen molar-refractivity contribution < 1.29 is 0 Å². The summed E-state index contributed by atoms with van der Waals surface area (Å²) in [7, 11) is 0. The zero-order valence-electron chi connectivity index (χ0n) is 8.88. The molecule has 0 radical (unpaired) electrons. The van der Waals surface area contributed by atoms with Crippen LogP contribution >= 0.6 is 22.9 Å². The average molecular weight is 233 g/mol. The lowest BCUT2D eigenvalue weighted by Crippen LogP contribution is -2.20. The number of hydrogen-bond acceptors (Lipinski definition) is 3. The molecule has 0 aliphatic carbocycles. The smallest absolute Gasteiger partial charge is 0.182 e. The Morgan fingerprint density at radius 1 is 1.57 bits per heavy atom. The summed E-state index contributed by atoms with van der Waals surface area (Å²) in [5.74, 6) is 0. The molecule has 1 unspecified atom stereocenters. The molecule has 0 bridgehead atoms. The molecule has 1 aromatic rings. The van der Waals surface area contributed by atoms with E-state index in [1.165, 1.54) is 0 Å². The van der Waals surface area contributed by atoms with Crippen molar-refractivity contribution in [2.75, 3.05) is 11.9 Å². The van der Waals surface area contributed by atoms with Crippen molar-refractivity contribution in [1.29, 1.82) is 0 Å². The van der Waals surface area contributed by atoms with Gasteiger partial charge in [0.2, 0.25) is 0 Å². The number of anilines is 1. The lowest BCUT2D eigenvalue weighted by molar-refractivity contribution is 0.373. The second kappa shape index (κ2) is 4.99. The monoisotopic (exact) mass is 232 g/mol. The van der Waals surface area contributed by atoms with Crippen LogP contribution in [-0.4, -0.2) is 16.9 Å². The Kier molecular flexibility index (Phi) is 4.20. The average Bonchev–Trinajstić information content (AvgIpc) is 2.49. The van der Waals surface area contributed by atoms with Crippen molar-refractivity contribution >= 4 is 28.1 Å². The summed E-state index contributed by atoms with van der Waals surface area (Å²) in [5.41, 5.74) is 0.289. The molecule has 0 aliphatic rings. The summed E-state index contributed by atoms with van der Waals surface area (Å²) in [6.07, 6.45) is 2.80.